The second-order valence-electron chi connectivity index (χ2n) is 4.88. The number of hydrogen-bond acceptors (Lipinski definition) is 2. The van der Waals surface area contributed by atoms with E-state index in [2.05, 4.69) is 15.6 Å². The maximum absolute atomic E-state index is 11.4. The molecule has 1 fully saturated rings. The number of aliphatic imine (C=N–C) groups is 1. The Bertz CT molecular complexity index is 270. The third kappa shape index (κ3) is 6.47. The van der Waals surface area contributed by atoms with E-state index in [0.717, 1.165) is 19.3 Å². The highest BCUT2D eigenvalue weighted by Crippen LogP contribution is 2.16. The van der Waals surface area contributed by atoms with Crippen molar-refractivity contribution in [1.29, 1.82) is 0 Å². The van der Waals surface area contributed by atoms with Crippen LogP contribution in [0.25, 0.3) is 0 Å². The summed E-state index contributed by atoms with van der Waals surface area (Å²) in [7, 11) is 0. The van der Waals surface area contributed by atoms with Gasteiger partial charge in [-0.2, -0.15) is 0 Å². The molecule has 0 spiro atoms. The molecule has 1 saturated carbocycles. The van der Waals surface area contributed by atoms with Crippen molar-refractivity contribution in [1.82, 2.24) is 10.6 Å². The summed E-state index contributed by atoms with van der Waals surface area (Å²) in [5.41, 5.74) is 5.79. The minimum absolute atomic E-state index is 0.0672. The third-order valence-corrected chi connectivity index (χ3v) is 3.17. The van der Waals surface area contributed by atoms with Crippen LogP contribution in [0.4, 0.5) is 0 Å². The average Bonchev–Trinajstić information content (AvgIpc) is 2.62. The van der Waals surface area contributed by atoms with Crippen molar-refractivity contribution in [2.24, 2.45) is 10.7 Å². The first-order valence-corrected chi connectivity index (χ1v) is 7.05. The lowest BCUT2D eigenvalue weighted by Crippen LogP contribution is -2.40. The Kier molecular flexibility index (Phi) is 7.22. The Hall–Kier alpha value is -1.26. The molecule has 1 rings (SSSR count). The summed E-state index contributed by atoms with van der Waals surface area (Å²) in [6.07, 6.45) is 8.37. The molecule has 0 bridgehead atoms. The summed E-state index contributed by atoms with van der Waals surface area (Å²) in [6, 6.07) is 0.426. The Morgan fingerprint density at radius 2 is 1.94 bits per heavy atom. The molecule has 5 heteroatoms. The van der Waals surface area contributed by atoms with E-state index in [9.17, 15) is 4.79 Å². The molecule has 5 nitrogen and oxygen atoms in total. The van der Waals surface area contributed by atoms with E-state index in [1.165, 1.54) is 25.7 Å². The Labute approximate surface area is 110 Å². The van der Waals surface area contributed by atoms with Crippen LogP contribution in [0.15, 0.2) is 4.99 Å². The van der Waals surface area contributed by atoms with Crippen LogP contribution in [0.2, 0.25) is 0 Å². The number of carbonyl (C=O) groups excluding carboxylic acids is 1. The van der Waals surface area contributed by atoms with Gasteiger partial charge in [0.05, 0.1) is 0 Å². The van der Waals surface area contributed by atoms with E-state index >= 15 is 0 Å². The molecular formula is C13H26N4O. The SMILES string of the molecule is CCCNC(=O)CN=C(N)NC1CCCCCC1. The first kappa shape index (κ1) is 14.8. The van der Waals surface area contributed by atoms with Crippen LogP contribution in [-0.2, 0) is 4.79 Å². The molecule has 0 radical (unpaired) electrons. The van der Waals surface area contributed by atoms with Gasteiger partial charge >= 0.3 is 0 Å². The predicted octanol–water partition coefficient (Wildman–Crippen LogP) is 1.14. The maximum atomic E-state index is 11.4. The molecule has 0 aromatic carbocycles. The molecule has 0 atom stereocenters. The van der Waals surface area contributed by atoms with E-state index in [-0.39, 0.29) is 12.5 Å². The van der Waals surface area contributed by atoms with Crippen molar-refractivity contribution >= 4 is 11.9 Å². The molecule has 0 aromatic rings. The minimum Gasteiger partial charge on any atom is -0.370 e. The van der Waals surface area contributed by atoms with Gasteiger partial charge in [-0.3, -0.25) is 4.79 Å². The van der Waals surface area contributed by atoms with Crippen molar-refractivity contribution in [3.8, 4) is 0 Å². The van der Waals surface area contributed by atoms with Gasteiger partial charge in [-0.1, -0.05) is 32.6 Å². The lowest BCUT2D eigenvalue weighted by atomic mass is 10.1. The number of amides is 1. The largest absolute Gasteiger partial charge is 0.370 e. The van der Waals surface area contributed by atoms with Gasteiger partial charge < -0.3 is 16.4 Å². The average molecular weight is 254 g/mol. The molecule has 0 heterocycles. The fraction of sp³-hybridized carbons (Fsp3) is 0.846. The summed E-state index contributed by atoms with van der Waals surface area (Å²) < 4.78 is 0. The highest BCUT2D eigenvalue weighted by atomic mass is 16.1. The van der Waals surface area contributed by atoms with E-state index in [4.69, 9.17) is 5.73 Å². The Morgan fingerprint density at radius 1 is 1.28 bits per heavy atom. The van der Waals surface area contributed by atoms with E-state index in [1.807, 2.05) is 6.92 Å². The number of hydrogen-bond donors (Lipinski definition) is 3. The van der Waals surface area contributed by atoms with Crippen molar-refractivity contribution in [2.45, 2.75) is 57.9 Å². The molecule has 1 aliphatic rings. The number of carbonyl (C=O) groups is 1. The van der Waals surface area contributed by atoms with Gasteiger partial charge in [-0.25, -0.2) is 4.99 Å². The zero-order valence-electron chi connectivity index (χ0n) is 11.4. The summed E-state index contributed by atoms with van der Waals surface area (Å²) in [6.45, 7) is 2.83. The van der Waals surface area contributed by atoms with Gasteiger partial charge in [0.2, 0.25) is 5.91 Å². The van der Waals surface area contributed by atoms with Crippen LogP contribution in [0.1, 0.15) is 51.9 Å². The maximum Gasteiger partial charge on any atom is 0.241 e. The van der Waals surface area contributed by atoms with Gasteiger partial charge in [-0.05, 0) is 19.3 Å². The molecule has 18 heavy (non-hydrogen) atoms. The van der Waals surface area contributed by atoms with Crippen molar-refractivity contribution in [3.05, 3.63) is 0 Å². The topological polar surface area (TPSA) is 79.5 Å². The summed E-state index contributed by atoms with van der Waals surface area (Å²) in [4.78, 5) is 15.4. The van der Waals surface area contributed by atoms with Crippen LogP contribution in [0.5, 0.6) is 0 Å². The van der Waals surface area contributed by atoms with Crippen molar-refractivity contribution in [3.63, 3.8) is 0 Å². The van der Waals surface area contributed by atoms with Gasteiger partial charge in [0.15, 0.2) is 5.96 Å². The number of nitrogens with zero attached hydrogens (tertiary/aromatic N) is 1. The van der Waals surface area contributed by atoms with Crippen LogP contribution >= 0.6 is 0 Å². The molecule has 1 amide bonds. The van der Waals surface area contributed by atoms with Crippen molar-refractivity contribution in [2.75, 3.05) is 13.1 Å². The van der Waals surface area contributed by atoms with Gasteiger partial charge in [0, 0.05) is 12.6 Å². The number of guanidine groups is 1. The monoisotopic (exact) mass is 254 g/mol. The number of nitrogens with two attached hydrogens (primary N) is 1. The first-order valence-electron chi connectivity index (χ1n) is 7.05. The van der Waals surface area contributed by atoms with E-state index < -0.39 is 0 Å². The molecule has 4 N–H and O–H groups in total. The Morgan fingerprint density at radius 3 is 2.56 bits per heavy atom. The summed E-state index contributed by atoms with van der Waals surface area (Å²) in [5.74, 6) is 0.330. The Balaban J connectivity index is 2.25. The second-order valence-corrected chi connectivity index (χ2v) is 4.88. The van der Waals surface area contributed by atoms with Crippen LogP contribution in [-0.4, -0.2) is 31.0 Å². The molecule has 0 saturated heterocycles. The molecular weight excluding hydrogens is 228 g/mol. The fourth-order valence-corrected chi connectivity index (χ4v) is 2.16. The number of nitrogens with one attached hydrogen (secondary N) is 2. The predicted molar refractivity (Wildman–Crippen MR) is 74.4 cm³/mol. The normalized spacial score (nSPS) is 18.2. The van der Waals surface area contributed by atoms with Crippen LogP contribution in [0.3, 0.4) is 0 Å². The van der Waals surface area contributed by atoms with Crippen LogP contribution in [0, 0.1) is 0 Å². The smallest absolute Gasteiger partial charge is 0.241 e. The highest BCUT2D eigenvalue weighted by molar-refractivity contribution is 5.84. The molecule has 0 aromatic heterocycles. The van der Waals surface area contributed by atoms with Crippen LogP contribution < -0.4 is 16.4 Å². The fourth-order valence-electron chi connectivity index (χ4n) is 2.16. The van der Waals surface area contributed by atoms with E-state index in [0.29, 0.717) is 18.5 Å². The molecule has 0 aliphatic heterocycles. The molecule has 0 unspecified atom stereocenters. The quantitative estimate of drug-likeness (QED) is 0.391. The second kappa shape index (κ2) is 8.78. The lowest BCUT2D eigenvalue weighted by molar-refractivity contribution is -0.119. The molecule has 104 valence electrons. The van der Waals surface area contributed by atoms with Gasteiger partial charge in [0.1, 0.15) is 6.54 Å². The lowest BCUT2D eigenvalue weighted by Gasteiger charge is -2.16. The zero-order chi connectivity index (χ0) is 13.2. The van der Waals surface area contributed by atoms with Gasteiger partial charge in [0.25, 0.3) is 0 Å². The van der Waals surface area contributed by atoms with E-state index in [1.54, 1.807) is 0 Å². The molecule has 1 aliphatic carbocycles. The summed E-state index contributed by atoms with van der Waals surface area (Å²) >= 11 is 0. The zero-order valence-corrected chi connectivity index (χ0v) is 11.4. The highest BCUT2D eigenvalue weighted by Gasteiger charge is 2.12. The number of rotatable bonds is 5. The first-order chi connectivity index (χ1) is 8.72. The third-order valence-electron chi connectivity index (χ3n) is 3.17. The van der Waals surface area contributed by atoms with Crippen molar-refractivity contribution < 1.29 is 4.79 Å². The minimum atomic E-state index is -0.0672. The summed E-state index contributed by atoms with van der Waals surface area (Å²) in [5, 5.41) is 5.99. The standard InChI is InChI=1S/C13H26N4O/c1-2-9-15-12(18)10-16-13(14)17-11-7-5-3-4-6-8-11/h11H,2-10H2,1H3,(H,15,18)(H3,14,16,17). The van der Waals surface area contributed by atoms with Gasteiger partial charge in [-0.15, -0.1) is 0 Å².